The molecule has 1 saturated carbocycles. The average Bonchev–Trinajstić information content (AvgIpc) is 3.52. The average molecular weight is 449 g/mol. The predicted molar refractivity (Wildman–Crippen MR) is 123 cm³/mol. The molecule has 4 rings (SSSR count). The van der Waals surface area contributed by atoms with Crippen molar-refractivity contribution < 1.29 is 14.4 Å². The first-order valence-corrected chi connectivity index (χ1v) is 11.4. The maximum absolute atomic E-state index is 13.6. The monoisotopic (exact) mass is 448 g/mol. The summed E-state index contributed by atoms with van der Waals surface area (Å²) >= 11 is 1.07. The Hall–Kier alpha value is -3.39. The molecule has 0 bridgehead atoms. The quantitative estimate of drug-likeness (QED) is 0.547. The number of ketones is 1. The van der Waals surface area contributed by atoms with Crippen LogP contribution in [-0.4, -0.2) is 33.2 Å². The van der Waals surface area contributed by atoms with Gasteiger partial charge >= 0.3 is 0 Å². The van der Waals surface area contributed by atoms with E-state index in [0.717, 1.165) is 37.2 Å². The van der Waals surface area contributed by atoms with Crippen molar-refractivity contribution in [2.45, 2.75) is 44.7 Å². The van der Waals surface area contributed by atoms with Crippen LogP contribution in [0.3, 0.4) is 0 Å². The first-order valence-electron chi connectivity index (χ1n) is 10.6. The summed E-state index contributed by atoms with van der Waals surface area (Å²) in [6.07, 6.45) is 4.01. The summed E-state index contributed by atoms with van der Waals surface area (Å²) in [6.45, 7) is 1.47. The van der Waals surface area contributed by atoms with Gasteiger partial charge in [0.15, 0.2) is 11.5 Å². The van der Waals surface area contributed by atoms with E-state index < -0.39 is 11.9 Å². The second-order valence-corrected chi connectivity index (χ2v) is 8.48. The summed E-state index contributed by atoms with van der Waals surface area (Å²) in [7, 11) is 0. The Balaban J connectivity index is 1.82. The van der Waals surface area contributed by atoms with Gasteiger partial charge in [-0.15, -0.1) is 5.10 Å². The molecule has 3 aromatic rings. The van der Waals surface area contributed by atoms with Crippen molar-refractivity contribution in [1.29, 1.82) is 0 Å². The number of anilines is 1. The van der Waals surface area contributed by atoms with Gasteiger partial charge in [-0.3, -0.25) is 19.3 Å². The van der Waals surface area contributed by atoms with E-state index in [9.17, 15) is 14.4 Å². The van der Waals surface area contributed by atoms with Gasteiger partial charge < -0.3 is 5.32 Å². The fraction of sp³-hybridized carbons (Fsp3) is 0.292. The first-order chi connectivity index (χ1) is 15.5. The minimum absolute atomic E-state index is 0.0927. The molecule has 1 aliphatic rings. The fourth-order valence-corrected chi connectivity index (χ4v) is 4.47. The maximum atomic E-state index is 13.6. The predicted octanol–water partition coefficient (Wildman–Crippen LogP) is 4.19. The highest BCUT2D eigenvalue weighted by Crippen LogP contribution is 2.31. The van der Waals surface area contributed by atoms with Gasteiger partial charge in [-0.2, -0.15) is 0 Å². The zero-order valence-corrected chi connectivity index (χ0v) is 18.5. The van der Waals surface area contributed by atoms with E-state index in [1.165, 1.54) is 11.8 Å². The van der Waals surface area contributed by atoms with Crippen LogP contribution >= 0.6 is 11.5 Å². The molecule has 2 aromatic carbocycles. The van der Waals surface area contributed by atoms with Crippen LogP contribution < -0.4 is 10.2 Å². The maximum Gasteiger partial charge on any atom is 0.280 e. The molecule has 8 heteroatoms. The number of aromatic nitrogens is 2. The lowest BCUT2D eigenvalue weighted by Gasteiger charge is -2.32. The summed E-state index contributed by atoms with van der Waals surface area (Å²) in [5, 5.41) is 8.63. The van der Waals surface area contributed by atoms with Crippen LogP contribution in [0.15, 0.2) is 60.0 Å². The van der Waals surface area contributed by atoms with Crippen LogP contribution in [0.2, 0.25) is 0 Å². The number of benzene rings is 2. The molecule has 0 radical (unpaired) electrons. The van der Waals surface area contributed by atoms with Crippen molar-refractivity contribution in [1.82, 2.24) is 14.9 Å². The Bertz CT molecular complexity index is 1100. The van der Waals surface area contributed by atoms with Crippen LogP contribution in [0, 0.1) is 0 Å². The number of carbonyl (C=O) groups excluding carboxylic acids is 3. The molecule has 0 aliphatic heterocycles. The summed E-state index contributed by atoms with van der Waals surface area (Å²) in [5.41, 5.74) is 1.73. The molecule has 32 heavy (non-hydrogen) atoms. The molecule has 0 spiro atoms. The lowest BCUT2D eigenvalue weighted by Crippen LogP contribution is -2.46. The van der Waals surface area contributed by atoms with Crippen molar-refractivity contribution in [2.24, 2.45) is 0 Å². The first kappa shape index (κ1) is 21.8. The van der Waals surface area contributed by atoms with E-state index in [1.54, 1.807) is 29.6 Å². The van der Waals surface area contributed by atoms with Gasteiger partial charge in [0.1, 0.15) is 6.04 Å². The SMILES string of the molecule is CC(=O)c1cccc(N(C(=O)c2csnn2)C(C(=O)NC2CCCC2)c2ccccc2)c1. The third-order valence-corrected chi connectivity index (χ3v) is 6.16. The van der Waals surface area contributed by atoms with E-state index in [2.05, 4.69) is 14.9 Å². The molecule has 1 atom stereocenters. The number of hydrogen-bond acceptors (Lipinski definition) is 6. The molecule has 1 N–H and O–H groups in total. The lowest BCUT2D eigenvalue weighted by atomic mass is 10.0. The Kier molecular flexibility index (Phi) is 6.70. The van der Waals surface area contributed by atoms with E-state index >= 15 is 0 Å². The summed E-state index contributed by atoms with van der Waals surface area (Å²) < 4.78 is 3.81. The zero-order chi connectivity index (χ0) is 22.5. The molecule has 7 nitrogen and oxygen atoms in total. The molecule has 2 amide bonds. The van der Waals surface area contributed by atoms with Gasteiger partial charge in [0.25, 0.3) is 5.91 Å². The molecular weight excluding hydrogens is 424 g/mol. The molecule has 164 valence electrons. The number of nitrogens with zero attached hydrogens (tertiary/aromatic N) is 3. The van der Waals surface area contributed by atoms with E-state index in [4.69, 9.17) is 0 Å². The number of carbonyl (C=O) groups is 3. The number of amides is 2. The number of hydrogen-bond donors (Lipinski definition) is 1. The van der Waals surface area contributed by atoms with Crippen molar-refractivity contribution >= 4 is 34.8 Å². The third kappa shape index (κ3) is 4.75. The topological polar surface area (TPSA) is 92.3 Å². The lowest BCUT2D eigenvalue weighted by molar-refractivity contribution is -0.123. The van der Waals surface area contributed by atoms with E-state index in [0.29, 0.717) is 16.8 Å². The third-order valence-electron chi connectivity index (χ3n) is 5.65. The van der Waals surface area contributed by atoms with Crippen molar-refractivity contribution in [3.05, 3.63) is 76.8 Å². The molecule has 1 unspecified atom stereocenters. The number of rotatable bonds is 7. The van der Waals surface area contributed by atoms with Gasteiger partial charge in [-0.05, 0) is 49.0 Å². The minimum Gasteiger partial charge on any atom is -0.351 e. The second kappa shape index (κ2) is 9.82. The van der Waals surface area contributed by atoms with E-state index in [1.807, 2.05) is 30.3 Å². The highest BCUT2D eigenvalue weighted by atomic mass is 32.1. The van der Waals surface area contributed by atoms with Crippen LogP contribution in [-0.2, 0) is 4.79 Å². The highest BCUT2D eigenvalue weighted by molar-refractivity contribution is 7.03. The molecule has 0 saturated heterocycles. The van der Waals surface area contributed by atoms with Crippen LogP contribution in [0.5, 0.6) is 0 Å². The largest absolute Gasteiger partial charge is 0.351 e. The van der Waals surface area contributed by atoms with Crippen LogP contribution in [0.25, 0.3) is 0 Å². The van der Waals surface area contributed by atoms with Gasteiger partial charge in [0, 0.05) is 22.7 Å². The standard InChI is InChI=1S/C24H24N4O3S/c1-16(29)18-10-7-13-20(14-18)28(24(31)21-15-32-27-26-21)22(17-8-3-2-4-9-17)23(30)25-19-11-5-6-12-19/h2-4,7-10,13-15,19,22H,5-6,11-12H2,1H3,(H,25,30). The Morgan fingerprint density at radius 1 is 1.06 bits per heavy atom. The molecular formula is C24H24N4O3S. The Labute approximate surface area is 190 Å². The number of nitrogens with one attached hydrogen (secondary N) is 1. The molecule has 1 aliphatic carbocycles. The van der Waals surface area contributed by atoms with Crippen molar-refractivity contribution in [3.63, 3.8) is 0 Å². The van der Waals surface area contributed by atoms with Crippen LogP contribution in [0.4, 0.5) is 5.69 Å². The minimum atomic E-state index is -0.923. The smallest absolute Gasteiger partial charge is 0.280 e. The Morgan fingerprint density at radius 2 is 1.81 bits per heavy atom. The molecule has 1 heterocycles. The fourth-order valence-electron chi connectivity index (χ4n) is 4.04. The normalized spacial score (nSPS) is 14.7. The Morgan fingerprint density at radius 3 is 2.47 bits per heavy atom. The summed E-state index contributed by atoms with van der Waals surface area (Å²) in [5.74, 6) is -0.830. The zero-order valence-electron chi connectivity index (χ0n) is 17.7. The molecule has 1 aromatic heterocycles. The molecule has 1 fully saturated rings. The van der Waals surface area contributed by atoms with Crippen molar-refractivity contribution in [2.75, 3.05) is 4.90 Å². The van der Waals surface area contributed by atoms with Crippen LogP contribution in [0.1, 0.15) is 65.1 Å². The van der Waals surface area contributed by atoms with Crippen molar-refractivity contribution in [3.8, 4) is 0 Å². The second-order valence-electron chi connectivity index (χ2n) is 7.88. The highest BCUT2D eigenvalue weighted by Gasteiger charge is 2.35. The summed E-state index contributed by atoms with van der Waals surface area (Å²) in [4.78, 5) is 40.6. The van der Waals surface area contributed by atoms with E-state index in [-0.39, 0.29) is 23.4 Å². The van der Waals surface area contributed by atoms with Gasteiger partial charge in [-0.1, -0.05) is 59.8 Å². The summed E-state index contributed by atoms with van der Waals surface area (Å²) in [6, 6.07) is 15.1. The number of Topliss-reactive ketones (excluding diaryl/α,β-unsaturated/α-hetero) is 1. The van der Waals surface area contributed by atoms with Gasteiger partial charge in [0.2, 0.25) is 5.91 Å². The van der Waals surface area contributed by atoms with Gasteiger partial charge in [0.05, 0.1) is 0 Å². The van der Waals surface area contributed by atoms with Gasteiger partial charge in [-0.25, -0.2) is 0 Å².